The van der Waals surface area contributed by atoms with Crippen molar-refractivity contribution in [1.29, 1.82) is 0 Å². The minimum Gasteiger partial charge on any atom is -0.459 e. The van der Waals surface area contributed by atoms with E-state index in [-0.39, 0.29) is 6.10 Å². The van der Waals surface area contributed by atoms with Crippen LogP contribution in [0.3, 0.4) is 0 Å². The van der Waals surface area contributed by atoms with Crippen molar-refractivity contribution in [1.82, 2.24) is 0 Å². The number of carbonyl (C=O) groups excluding carboxylic acids is 3. The lowest BCUT2D eigenvalue weighted by Gasteiger charge is -2.18. The molecular weight excluding hydrogens is 414 g/mol. The van der Waals surface area contributed by atoms with Gasteiger partial charge in [0.05, 0.1) is 17.2 Å². The molecule has 0 radical (unpaired) electrons. The largest absolute Gasteiger partial charge is 0.459 e. The number of hydrogen-bond acceptors (Lipinski definition) is 6. The molecule has 0 saturated carbocycles. The normalized spacial score (nSPS) is 15.4. The zero-order chi connectivity index (χ0) is 22.7. The third kappa shape index (κ3) is 5.53. The van der Waals surface area contributed by atoms with Crippen LogP contribution in [-0.2, 0) is 27.1 Å². The molecule has 0 bridgehead atoms. The van der Waals surface area contributed by atoms with Crippen LogP contribution < -0.4 is 5.32 Å². The van der Waals surface area contributed by atoms with Gasteiger partial charge >= 0.3 is 11.9 Å². The third-order valence-electron chi connectivity index (χ3n) is 5.26. The molecule has 166 valence electrons. The van der Waals surface area contributed by atoms with E-state index >= 15 is 0 Å². The summed E-state index contributed by atoms with van der Waals surface area (Å²) in [7, 11) is 0. The fourth-order valence-corrected chi connectivity index (χ4v) is 5.07. The van der Waals surface area contributed by atoms with Gasteiger partial charge in [0.15, 0.2) is 6.61 Å². The number of ether oxygens (including phenoxy) is 2. The Morgan fingerprint density at radius 1 is 1.19 bits per heavy atom. The highest BCUT2D eigenvalue weighted by Crippen LogP contribution is 2.40. The second-order valence-corrected chi connectivity index (χ2v) is 9.56. The summed E-state index contributed by atoms with van der Waals surface area (Å²) in [6, 6.07) is 5.50. The standard InChI is InChI=1S/C24H29NO5S/c1-13(2)30-24(28)21-17-9-7-15(4)11-19(17)31-22(21)25-20(26)12-29-23(27)18-10-14(3)6-8-16(18)5/h6,8,10,13,15H,7,9,11-12H2,1-5H3,(H,25,26). The molecule has 7 heteroatoms. The summed E-state index contributed by atoms with van der Waals surface area (Å²) in [5.74, 6) is -0.925. The topological polar surface area (TPSA) is 81.7 Å². The maximum Gasteiger partial charge on any atom is 0.341 e. The highest BCUT2D eigenvalue weighted by Gasteiger charge is 2.29. The molecule has 1 aliphatic rings. The number of anilines is 1. The maximum atomic E-state index is 12.7. The number of hydrogen-bond donors (Lipinski definition) is 1. The maximum absolute atomic E-state index is 12.7. The number of fused-ring (bicyclic) bond motifs is 1. The second-order valence-electron chi connectivity index (χ2n) is 8.45. The van der Waals surface area contributed by atoms with Gasteiger partial charge in [0.1, 0.15) is 5.00 Å². The van der Waals surface area contributed by atoms with Gasteiger partial charge in [-0.2, -0.15) is 0 Å². The van der Waals surface area contributed by atoms with E-state index in [1.807, 2.05) is 26.0 Å². The molecule has 1 amide bonds. The molecule has 0 fully saturated rings. The first-order chi connectivity index (χ1) is 14.7. The van der Waals surface area contributed by atoms with Crippen molar-refractivity contribution in [2.45, 2.75) is 60.0 Å². The molecule has 0 aliphatic heterocycles. The molecule has 0 saturated heterocycles. The third-order valence-corrected chi connectivity index (χ3v) is 6.43. The van der Waals surface area contributed by atoms with E-state index in [0.29, 0.717) is 22.0 Å². The van der Waals surface area contributed by atoms with Gasteiger partial charge in [-0.3, -0.25) is 4.79 Å². The van der Waals surface area contributed by atoms with Crippen LogP contribution in [0.25, 0.3) is 0 Å². The van der Waals surface area contributed by atoms with Gasteiger partial charge in [0.25, 0.3) is 5.91 Å². The lowest BCUT2D eigenvalue weighted by molar-refractivity contribution is -0.119. The molecule has 3 rings (SSSR count). The first-order valence-electron chi connectivity index (χ1n) is 10.6. The molecule has 31 heavy (non-hydrogen) atoms. The quantitative estimate of drug-likeness (QED) is 0.646. The predicted octanol–water partition coefficient (Wildman–Crippen LogP) is 4.85. The van der Waals surface area contributed by atoms with Crippen molar-refractivity contribution in [3.8, 4) is 0 Å². The van der Waals surface area contributed by atoms with Crippen LogP contribution in [0.15, 0.2) is 18.2 Å². The number of benzene rings is 1. The van der Waals surface area contributed by atoms with Gasteiger partial charge in [0.2, 0.25) is 0 Å². The van der Waals surface area contributed by atoms with Crippen molar-refractivity contribution in [3.05, 3.63) is 50.9 Å². The number of rotatable bonds is 6. The minimum absolute atomic E-state index is 0.257. The number of esters is 2. The molecule has 1 aromatic heterocycles. The first-order valence-corrected chi connectivity index (χ1v) is 11.4. The lowest BCUT2D eigenvalue weighted by Crippen LogP contribution is -2.23. The van der Waals surface area contributed by atoms with E-state index < -0.39 is 24.5 Å². The highest BCUT2D eigenvalue weighted by molar-refractivity contribution is 7.17. The van der Waals surface area contributed by atoms with Crippen molar-refractivity contribution in [3.63, 3.8) is 0 Å². The SMILES string of the molecule is Cc1ccc(C)c(C(=O)OCC(=O)Nc2sc3c(c2C(=O)OC(C)C)CCC(C)C3)c1. The van der Waals surface area contributed by atoms with Crippen LogP contribution in [-0.4, -0.2) is 30.6 Å². The zero-order valence-electron chi connectivity index (χ0n) is 18.7. The molecule has 1 aliphatic carbocycles. The van der Waals surface area contributed by atoms with Crippen molar-refractivity contribution in [2.24, 2.45) is 5.92 Å². The summed E-state index contributed by atoms with van der Waals surface area (Å²) in [5, 5.41) is 3.24. The van der Waals surface area contributed by atoms with E-state index in [2.05, 4.69) is 12.2 Å². The molecule has 1 unspecified atom stereocenters. The molecular formula is C24H29NO5S. The van der Waals surface area contributed by atoms with E-state index in [1.54, 1.807) is 19.9 Å². The van der Waals surface area contributed by atoms with E-state index in [1.165, 1.54) is 11.3 Å². The number of nitrogens with one attached hydrogen (secondary N) is 1. The van der Waals surface area contributed by atoms with Gasteiger partial charge in [-0.25, -0.2) is 9.59 Å². The molecule has 1 aromatic carbocycles. The van der Waals surface area contributed by atoms with Crippen LogP contribution in [0.4, 0.5) is 5.00 Å². The molecule has 1 heterocycles. The van der Waals surface area contributed by atoms with Crippen LogP contribution in [0, 0.1) is 19.8 Å². The molecule has 0 spiro atoms. The summed E-state index contributed by atoms with van der Waals surface area (Å²) < 4.78 is 10.6. The van der Waals surface area contributed by atoms with Crippen LogP contribution in [0.2, 0.25) is 0 Å². The number of amides is 1. The Labute approximate surface area is 186 Å². The monoisotopic (exact) mass is 443 g/mol. The van der Waals surface area contributed by atoms with Gasteiger partial charge in [-0.15, -0.1) is 11.3 Å². The van der Waals surface area contributed by atoms with Gasteiger partial charge in [-0.05, 0) is 70.1 Å². The first kappa shape index (κ1) is 23.0. The van der Waals surface area contributed by atoms with Crippen molar-refractivity contribution < 1.29 is 23.9 Å². The smallest absolute Gasteiger partial charge is 0.341 e. The number of aryl methyl sites for hydroxylation is 2. The fraction of sp³-hybridized carbons (Fsp3) is 0.458. The van der Waals surface area contributed by atoms with E-state index in [0.717, 1.165) is 40.8 Å². The average molecular weight is 444 g/mol. The number of carbonyl (C=O) groups is 3. The predicted molar refractivity (Wildman–Crippen MR) is 121 cm³/mol. The Bertz CT molecular complexity index is 1010. The van der Waals surface area contributed by atoms with Crippen LogP contribution >= 0.6 is 11.3 Å². The fourth-order valence-electron chi connectivity index (χ4n) is 3.66. The van der Waals surface area contributed by atoms with Crippen molar-refractivity contribution in [2.75, 3.05) is 11.9 Å². The second kappa shape index (κ2) is 9.64. The summed E-state index contributed by atoms with van der Waals surface area (Å²) >= 11 is 1.41. The van der Waals surface area contributed by atoms with Crippen LogP contribution in [0.1, 0.15) is 69.5 Å². The summed E-state index contributed by atoms with van der Waals surface area (Å²) in [6.45, 7) is 9.05. The van der Waals surface area contributed by atoms with E-state index in [9.17, 15) is 14.4 Å². The summed E-state index contributed by atoms with van der Waals surface area (Å²) in [5.41, 5.74) is 3.57. The summed E-state index contributed by atoms with van der Waals surface area (Å²) in [6.07, 6.45) is 2.39. The lowest BCUT2D eigenvalue weighted by atomic mass is 9.88. The Kier molecular flexibility index (Phi) is 7.15. The molecule has 1 atom stereocenters. The Balaban J connectivity index is 1.74. The Morgan fingerprint density at radius 3 is 2.65 bits per heavy atom. The molecule has 1 N–H and O–H groups in total. The van der Waals surface area contributed by atoms with E-state index in [4.69, 9.17) is 9.47 Å². The van der Waals surface area contributed by atoms with Gasteiger partial charge < -0.3 is 14.8 Å². The van der Waals surface area contributed by atoms with Crippen molar-refractivity contribution >= 4 is 34.2 Å². The Morgan fingerprint density at radius 2 is 1.94 bits per heavy atom. The Hall–Kier alpha value is -2.67. The zero-order valence-corrected chi connectivity index (χ0v) is 19.5. The summed E-state index contributed by atoms with van der Waals surface area (Å²) in [4.78, 5) is 38.8. The van der Waals surface area contributed by atoms with Gasteiger partial charge in [-0.1, -0.05) is 24.6 Å². The molecule has 6 nitrogen and oxygen atoms in total. The minimum atomic E-state index is -0.546. The van der Waals surface area contributed by atoms with Crippen LogP contribution in [0.5, 0.6) is 0 Å². The van der Waals surface area contributed by atoms with Gasteiger partial charge in [0, 0.05) is 4.88 Å². The average Bonchev–Trinajstić information content (AvgIpc) is 3.04. The molecule has 2 aromatic rings. The highest BCUT2D eigenvalue weighted by atomic mass is 32.1. The number of thiophene rings is 1.